The molecule has 1 aliphatic rings. The second-order valence-electron chi connectivity index (χ2n) is 2.67. The third kappa shape index (κ3) is 4.47. The Balaban J connectivity index is 0.000000921. The monoisotopic (exact) mass is 228 g/mol. The van der Waals surface area contributed by atoms with Gasteiger partial charge in [0.15, 0.2) is 11.5 Å². The van der Waals surface area contributed by atoms with Gasteiger partial charge in [0.2, 0.25) is 0 Å². The van der Waals surface area contributed by atoms with Crippen LogP contribution in [0, 0.1) is 0 Å². The summed E-state index contributed by atoms with van der Waals surface area (Å²) in [6.07, 6.45) is 5.47. The molecule has 0 aromatic carbocycles. The maximum absolute atomic E-state index is 5.60. The molecular formula is C12H20O2S. The van der Waals surface area contributed by atoms with Crippen LogP contribution in [0.5, 0.6) is 0 Å². The summed E-state index contributed by atoms with van der Waals surface area (Å²) in [5.74, 6) is 2.10. The summed E-state index contributed by atoms with van der Waals surface area (Å²) in [6.45, 7) is 10.1. The van der Waals surface area contributed by atoms with Crippen LogP contribution in [-0.4, -0.2) is 18.5 Å². The molecule has 0 aliphatic carbocycles. The minimum Gasteiger partial charge on any atom is -0.486 e. The molecule has 1 rings (SSSR count). The van der Waals surface area contributed by atoms with Crippen LogP contribution in [0.1, 0.15) is 20.8 Å². The molecule has 0 N–H and O–H groups in total. The Morgan fingerprint density at radius 2 is 2.13 bits per heavy atom. The summed E-state index contributed by atoms with van der Waals surface area (Å²) in [4.78, 5) is 0. The summed E-state index contributed by atoms with van der Waals surface area (Å²) in [7, 11) is 0. The maximum Gasteiger partial charge on any atom is 0.161 e. The Morgan fingerprint density at radius 3 is 2.60 bits per heavy atom. The standard InChI is InChI=1S/C10H14O2S.C2H6/c1-3-5-10-9(4-2)11-6-8(7-13)12-10;1-2/h3-5,8,13H,2,6-7H2,1H3;1-2H3/b5-3-;. The van der Waals surface area contributed by atoms with E-state index in [4.69, 9.17) is 9.47 Å². The van der Waals surface area contributed by atoms with Gasteiger partial charge in [-0.3, -0.25) is 0 Å². The molecule has 86 valence electrons. The molecule has 0 spiro atoms. The van der Waals surface area contributed by atoms with Crippen molar-refractivity contribution in [2.24, 2.45) is 0 Å². The van der Waals surface area contributed by atoms with Crippen molar-refractivity contribution in [2.45, 2.75) is 26.9 Å². The fourth-order valence-electron chi connectivity index (χ4n) is 1.05. The molecule has 0 aromatic rings. The van der Waals surface area contributed by atoms with Crippen molar-refractivity contribution < 1.29 is 9.47 Å². The van der Waals surface area contributed by atoms with Crippen LogP contribution in [-0.2, 0) is 9.47 Å². The number of allylic oxidation sites excluding steroid dienone is 3. The van der Waals surface area contributed by atoms with Crippen molar-refractivity contribution in [1.82, 2.24) is 0 Å². The van der Waals surface area contributed by atoms with Crippen LogP contribution in [0.4, 0.5) is 0 Å². The molecule has 3 heteroatoms. The molecule has 0 fully saturated rings. The Labute approximate surface area is 98.1 Å². The van der Waals surface area contributed by atoms with Gasteiger partial charge in [-0.15, -0.1) is 0 Å². The number of thiol groups is 1. The molecule has 1 unspecified atom stereocenters. The van der Waals surface area contributed by atoms with E-state index in [1.807, 2.05) is 32.9 Å². The first-order valence-corrected chi connectivity index (χ1v) is 5.84. The van der Waals surface area contributed by atoms with E-state index < -0.39 is 0 Å². The molecule has 0 saturated heterocycles. The molecular weight excluding hydrogens is 208 g/mol. The van der Waals surface area contributed by atoms with Gasteiger partial charge in [-0.05, 0) is 19.1 Å². The van der Waals surface area contributed by atoms with Gasteiger partial charge in [0.25, 0.3) is 0 Å². The van der Waals surface area contributed by atoms with Gasteiger partial charge in [0.1, 0.15) is 12.7 Å². The highest BCUT2D eigenvalue weighted by molar-refractivity contribution is 7.80. The second kappa shape index (κ2) is 8.48. The molecule has 0 aromatic heterocycles. The van der Waals surface area contributed by atoms with E-state index in [0.717, 1.165) is 5.76 Å². The quantitative estimate of drug-likeness (QED) is 0.747. The maximum atomic E-state index is 5.60. The SMILES string of the molecule is C=CC1=C(/C=C\C)OC(CS)CO1.CC. The lowest BCUT2D eigenvalue weighted by Crippen LogP contribution is -2.26. The first kappa shape index (κ1) is 14.2. The van der Waals surface area contributed by atoms with Crippen LogP contribution >= 0.6 is 12.6 Å². The van der Waals surface area contributed by atoms with Gasteiger partial charge < -0.3 is 9.47 Å². The van der Waals surface area contributed by atoms with E-state index in [0.29, 0.717) is 18.1 Å². The minimum absolute atomic E-state index is 0.0400. The highest BCUT2D eigenvalue weighted by atomic mass is 32.1. The van der Waals surface area contributed by atoms with Crippen LogP contribution in [0.3, 0.4) is 0 Å². The van der Waals surface area contributed by atoms with Gasteiger partial charge in [0, 0.05) is 5.75 Å². The molecule has 0 bridgehead atoms. The zero-order valence-corrected chi connectivity index (χ0v) is 10.6. The summed E-state index contributed by atoms with van der Waals surface area (Å²) in [5.41, 5.74) is 0. The lowest BCUT2D eigenvalue weighted by Gasteiger charge is -2.25. The zero-order valence-electron chi connectivity index (χ0n) is 9.69. The van der Waals surface area contributed by atoms with Crippen molar-refractivity contribution >= 4 is 12.6 Å². The molecule has 0 amide bonds. The first-order chi connectivity index (χ1) is 7.31. The number of ether oxygens (including phenoxy) is 2. The third-order valence-electron chi connectivity index (χ3n) is 1.67. The van der Waals surface area contributed by atoms with Crippen LogP contribution in [0.2, 0.25) is 0 Å². The van der Waals surface area contributed by atoms with E-state index in [1.165, 1.54) is 0 Å². The Morgan fingerprint density at radius 1 is 1.47 bits per heavy atom. The molecule has 0 radical (unpaired) electrons. The average Bonchev–Trinajstić information content (AvgIpc) is 2.32. The number of rotatable bonds is 3. The molecule has 2 nitrogen and oxygen atoms in total. The molecule has 1 heterocycles. The van der Waals surface area contributed by atoms with Gasteiger partial charge in [-0.25, -0.2) is 0 Å². The van der Waals surface area contributed by atoms with Crippen molar-refractivity contribution in [3.05, 3.63) is 36.3 Å². The molecule has 1 atom stereocenters. The largest absolute Gasteiger partial charge is 0.486 e. The minimum atomic E-state index is 0.0400. The van der Waals surface area contributed by atoms with E-state index >= 15 is 0 Å². The topological polar surface area (TPSA) is 18.5 Å². The highest BCUT2D eigenvalue weighted by Gasteiger charge is 2.18. The summed E-state index contributed by atoms with van der Waals surface area (Å²) in [6, 6.07) is 0. The lowest BCUT2D eigenvalue weighted by molar-refractivity contribution is 0.0217. The van der Waals surface area contributed by atoms with Crippen molar-refractivity contribution in [3.8, 4) is 0 Å². The molecule has 1 aliphatic heterocycles. The summed E-state index contributed by atoms with van der Waals surface area (Å²) in [5, 5.41) is 0. The summed E-state index contributed by atoms with van der Waals surface area (Å²) >= 11 is 4.15. The van der Waals surface area contributed by atoms with Crippen LogP contribution in [0.25, 0.3) is 0 Å². The smallest absolute Gasteiger partial charge is 0.161 e. The second-order valence-corrected chi connectivity index (χ2v) is 3.03. The van der Waals surface area contributed by atoms with E-state index in [9.17, 15) is 0 Å². The Kier molecular flexibility index (Phi) is 8.01. The molecule has 15 heavy (non-hydrogen) atoms. The van der Waals surface area contributed by atoms with Gasteiger partial charge in [-0.1, -0.05) is 26.5 Å². The van der Waals surface area contributed by atoms with Crippen molar-refractivity contribution in [3.63, 3.8) is 0 Å². The normalized spacial score (nSPS) is 20.1. The van der Waals surface area contributed by atoms with Crippen LogP contribution < -0.4 is 0 Å². The van der Waals surface area contributed by atoms with Crippen molar-refractivity contribution in [1.29, 1.82) is 0 Å². The van der Waals surface area contributed by atoms with Gasteiger partial charge in [0.05, 0.1) is 0 Å². The number of hydrogen-bond donors (Lipinski definition) is 1. The molecule has 0 saturated carbocycles. The average molecular weight is 228 g/mol. The van der Waals surface area contributed by atoms with E-state index in [2.05, 4.69) is 19.2 Å². The third-order valence-corrected chi connectivity index (χ3v) is 2.08. The predicted octanol–water partition coefficient (Wildman–Crippen LogP) is 3.33. The Bertz CT molecular complexity index is 244. The first-order valence-electron chi connectivity index (χ1n) is 5.21. The zero-order chi connectivity index (χ0) is 11.7. The van der Waals surface area contributed by atoms with Gasteiger partial charge >= 0.3 is 0 Å². The number of hydrogen-bond acceptors (Lipinski definition) is 3. The lowest BCUT2D eigenvalue weighted by atomic mass is 10.3. The summed E-state index contributed by atoms with van der Waals surface area (Å²) < 4.78 is 11.0. The fraction of sp³-hybridized carbons (Fsp3) is 0.500. The van der Waals surface area contributed by atoms with Crippen molar-refractivity contribution in [2.75, 3.05) is 12.4 Å². The van der Waals surface area contributed by atoms with E-state index in [1.54, 1.807) is 6.08 Å². The predicted molar refractivity (Wildman–Crippen MR) is 68.1 cm³/mol. The van der Waals surface area contributed by atoms with E-state index in [-0.39, 0.29) is 6.10 Å². The van der Waals surface area contributed by atoms with Gasteiger partial charge in [-0.2, -0.15) is 12.6 Å². The highest BCUT2D eigenvalue weighted by Crippen LogP contribution is 2.20. The Hall–Kier alpha value is -0.830. The fourth-order valence-corrected chi connectivity index (χ4v) is 1.23. The van der Waals surface area contributed by atoms with Crippen LogP contribution in [0.15, 0.2) is 36.3 Å².